The van der Waals surface area contributed by atoms with Crippen LogP contribution >= 0.6 is 0 Å². The number of carbonyl (C=O) groups excluding carboxylic acids is 5. The van der Waals surface area contributed by atoms with Gasteiger partial charge in [0, 0.05) is 35.1 Å². The number of aliphatic hydroxyl groups is 2. The van der Waals surface area contributed by atoms with Gasteiger partial charge in [-0.2, -0.15) is 52.7 Å². The van der Waals surface area contributed by atoms with Crippen molar-refractivity contribution >= 4 is 29.8 Å². The van der Waals surface area contributed by atoms with Crippen molar-refractivity contribution in [2.45, 2.75) is 140 Å². The minimum Gasteiger partial charge on any atom is -0.463 e. The molecule has 24 heteroatoms. The Morgan fingerprint density at radius 3 is 1.43 bits per heavy atom. The average Bonchev–Trinajstić information content (AvgIpc) is 3.49. The predicted molar refractivity (Wildman–Crippen MR) is 192 cm³/mol. The van der Waals surface area contributed by atoms with Gasteiger partial charge in [0.05, 0.1) is 12.2 Å². The van der Waals surface area contributed by atoms with Gasteiger partial charge in [-0.05, 0) is 84.5 Å². The minimum atomic E-state index is -5.94. The molecule has 0 amide bonds. The molecule has 0 radical (unpaired) electrons. The van der Waals surface area contributed by atoms with Crippen LogP contribution in [-0.4, -0.2) is 107 Å². The predicted octanol–water partition coefficient (Wildman–Crippen LogP) is 7.81. The van der Waals surface area contributed by atoms with Gasteiger partial charge in [-0.15, -0.1) is 0 Å². The third-order valence-electron chi connectivity index (χ3n) is 9.58. The fourth-order valence-electron chi connectivity index (χ4n) is 6.83. The van der Waals surface area contributed by atoms with Crippen LogP contribution in [0, 0.1) is 17.8 Å². The molecule has 4 bridgehead atoms. The Balaban J connectivity index is 0.000000425. The van der Waals surface area contributed by atoms with Crippen molar-refractivity contribution in [3.8, 4) is 0 Å². The van der Waals surface area contributed by atoms with Crippen LogP contribution in [0.1, 0.15) is 79.6 Å². The summed E-state index contributed by atoms with van der Waals surface area (Å²) in [7, 11) is 0. The molecular formula is C39H48F12O12. The smallest absolute Gasteiger partial charge is 0.434 e. The van der Waals surface area contributed by atoms with E-state index < -0.39 is 90.1 Å². The van der Waals surface area contributed by atoms with Crippen molar-refractivity contribution in [3.05, 3.63) is 48.6 Å². The van der Waals surface area contributed by atoms with Crippen LogP contribution < -0.4 is 0 Å². The molecule has 1 aliphatic heterocycles. The highest BCUT2D eigenvalue weighted by atomic mass is 19.4. The van der Waals surface area contributed by atoms with E-state index in [1.165, 1.54) is 13.8 Å². The zero-order valence-electron chi connectivity index (χ0n) is 34.5. The van der Waals surface area contributed by atoms with Crippen molar-refractivity contribution in [2.75, 3.05) is 6.61 Å². The summed E-state index contributed by atoms with van der Waals surface area (Å²) in [4.78, 5) is 54.8. The quantitative estimate of drug-likeness (QED) is 0.0944. The van der Waals surface area contributed by atoms with Crippen LogP contribution in [0.5, 0.6) is 0 Å². The molecule has 0 aromatic rings. The lowest BCUT2D eigenvalue weighted by molar-refractivity contribution is -0.373. The monoisotopic (exact) mass is 936 g/mol. The van der Waals surface area contributed by atoms with Gasteiger partial charge in [-0.25, -0.2) is 24.0 Å². The van der Waals surface area contributed by atoms with Crippen LogP contribution in [0.2, 0.25) is 0 Å². The summed E-state index contributed by atoms with van der Waals surface area (Å²) in [5.41, 5.74) is -5.37. The van der Waals surface area contributed by atoms with Crippen LogP contribution in [0.3, 0.4) is 0 Å². The highest BCUT2D eigenvalue weighted by Crippen LogP contribution is 2.56. The van der Waals surface area contributed by atoms with E-state index in [0.29, 0.717) is 36.4 Å². The number of hydrogen-bond acceptors (Lipinski definition) is 12. The number of ether oxygens (including phenoxy) is 5. The van der Waals surface area contributed by atoms with Crippen molar-refractivity contribution < 1.29 is 111 Å². The maximum absolute atomic E-state index is 12.3. The van der Waals surface area contributed by atoms with Crippen LogP contribution in [-0.2, 0) is 47.7 Å². The van der Waals surface area contributed by atoms with Crippen molar-refractivity contribution in [2.24, 2.45) is 17.8 Å². The maximum atomic E-state index is 12.3. The Labute approximate surface area is 353 Å². The molecule has 0 aromatic carbocycles. The van der Waals surface area contributed by atoms with E-state index in [0.717, 1.165) is 46.0 Å². The normalized spacial score (nSPS) is 24.4. The zero-order chi connectivity index (χ0) is 49.4. The highest BCUT2D eigenvalue weighted by molar-refractivity contribution is 5.90. The Bertz CT molecular complexity index is 1690. The molecule has 63 heavy (non-hydrogen) atoms. The van der Waals surface area contributed by atoms with Crippen molar-refractivity contribution in [1.29, 1.82) is 0 Å². The average molecular weight is 937 g/mol. The molecule has 4 aliphatic carbocycles. The van der Waals surface area contributed by atoms with E-state index in [-0.39, 0.29) is 23.2 Å². The summed E-state index contributed by atoms with van der Waals surface area (Å²) in [6.45, 7) is 19.5. The molecule has 4 saturated carbocycles. The van der Waals surface area contributed by atoms with Gasteiger partial charge in [0.2, 0.25) is 6.10 Å². The molecular weight excluding hydrogens is 888 g/mol. The fourth-order valence-corrected chi connectivity index (χ4v) is 6.83. The second-order valence-corrected chi connectivity index (χ2v) is 15.7. The second kappa shape index (κ2) is 21.4. The molecule has 1 heterocycles. The number of esters is 5. The van der Waals surface area contributed by atoms with E-state index in [9.17, 15) is 81.8 Å². The summed E-state index contributed by atoms with van der Waals surface area (Å²) < 4.78 is 167. The lowest BCUT2D eigenvalue weighted by Crippen LogP contribution is -2.58. The molecule has 5 rings (SSSR count). The number of hydrogen-bond donors (Lipinski definition) is 2. The standard InChI is InChI=1S/C14H20O3.C10H12F6O3.C8H10O4.C7H6F6O2/c1-8(2)13(15)17-12-10-3-9-4-11(12)7-14(16,5-9)6-10;1-5(2)7(17)19-6(3)4-8(18,9(11,12)13)10(14,15)16;1-5(2)7(9)12-6-3-4-11-8(6)10;1-3(2)4(14)15-5(6(8,9)10)7(11,12)13/h9-12,16H,1,3-7H2,2H3;6,18H,1,4H2,2-3H3;6H,1,3-4H2,2H3;5H,1H2,2H3. The number of halogens is 12. The molecule has 5 fully saturated rings. The number of carbonyl (C=O) groups is 5. The maximum Gasteiger partial charge on any atom is 0.434 e. The Hall–Kier alpha value is -4.61. The van der Waals surface area contributed by atoms with Crippen molar-refractivity contribution in [1.82, 2.24) is 0 Å². The Kier molecular flexibility index (Phi) is 19.1. The summed E-state index contributed by atoms with van der Waals surface area (Å²) in [6, 6.07) is 0. The first kappa shape index (κ1) is 56.4. The summed E-state index contributed by atoms with van der Waals surface area (Å²) in [5, 5.41) is 19.2. The summed E-state index contributed by atoms with van der Waals surface area (Å²) in [6.07, 6.45) is -26.5. The Morgan fingerprint density at radius 2 is 1.10 bits per heavy atom. The topological polar surface area (TPSA) is 172 Å². The molecule has 0 spiro atoms. The minimum absolute atomic E-state index is 0.0241. The van der Waals surface area contributed by atoms with Crippen LogP contribution in [0.4, 0.5) is 52.7 Å². The fraction of sp³-hybridized carbons (Fsp3) is 0.667. The second-order valence-electron chi connectivity index (χ2n) is 15.7. The van der Waals surface area contributed by atoms with E-state index in [1.807, 2.05) is 0 Å². The highest BCUT2D eigenvalue weighted by Gasteiger charge is 2.70. The molecule has 12 nitrogen and oxygen atoms in total. The third kappa shape index (κ3) is 16.5. The first-order chi connectivity index (χ1) is 28.3. The van der Waals surface area contributed by atoms with E-state index in [2.05, 4.69) is 40.5 Å². The first-order valence-corrected chi connectivity index (χ1v) is 18.6. The van der Waals surface area contributed by atoms with Gasteiger partial charge in [0.1, 0.15) is 12.2 Å². The van der Waals surface area contributed by atoms with E-state index in [4.69, 9.17) is 14.6 Å². The number of rotatable bonds is 10. The Morgan fingerprint density at radius 1 is 0.698 bits per heavy atom. The number of cyclic esters (lactones) is 1. The van der Waals surface area contributed by atoms with Gasteiger partial charge in [0.15, 0.2) is 0 Å². The van der Waals surface area contributed by atoms with Gasteiger partial charge in [-0.1, -0.05) is 26.3 Å². The lowest BCUT2D eigenvalue weighted by atomic mass is 9.53. The van der Waals surface area contributed by atoms with Gasteiger partial charge in [0.25, 0.3) is 11.7 Å². The van der Waals surface area contributed by atoms with Crippen LogP contribution in [0.25, 0.3) is 0 Å². The first-order valence-electron chi connectivity index (χ1n) is 18.6. The zero-order valence-corrected chi connectivity index (χ0v) is 34.5. The molecule has 0 aromatic heterocycles. The van der Waals surface area contributed by atoms with Gasteiger partial charge >= 0.3 is 54.6 Å². The lowest BCUT2D eigenvalue weighted by Gasteiger charge is -2.57. The SMILES string of the molecule is C=C(C)C(=O)OC(C(F)(F)F)C(F)(F)F.C=C(C)C(=O)OC(C)CC(O)(C(F)(F)F)C(F)(F)F.C=C(C)C(=O)OC1C2CC3CC1CC(O)(C3)C2.C=C(C)C(=O)OC1CCOC1=O. The molecule has 4 atom stereocenters. The molecule has 360 valence electrons. The summed E-state index contributed by atoms with van der Waals surface area (Å²) in [5.74, 6) is -2.77. The molecule has 4 unspecified atom stereocenters. The summed E-state index contributed by atoms with van der Waals surface area (Å²) >= 11 is 0. The largest absolute Gasteiger partial charge is 0.463 e. The number of alkyl halides is 12. The third-order valence-corrected chi connectivity index (χ3v) is 9.58. The van der Waals surface area contributed by atoms with Crippen molar-refractivity contribution in [3.63, 3.8) is 0 Å². The van der Waals surface area contributed by atoms with Gasteiger partial charge in [-0.3, -0.25) is 0 Å². The molecule has 1 saturated heterocycles. The van der Waals surface area contributed by atoms with E-state index >= 15 is 0 Å². The van der Waals surface area contributed by atoms with E-state index in [1.54, 1.807) is 6.92 Å². The van der Waals surface area contributed by atoms with Gasteiger partial charge < -0.3 is 33.9 Å². The van der Waals surface area contributed by atoms with Crippen LogP contribution in [0.15, 0.2) is 48.6 Å². The molecule has 5 aliphatic rings. The molecule has 2 N–H and O–H groups in total.